The quantitative estimate of drug-likeness (QED) is 0.133. The number of halogens is 3. The molecule has 2 aromatic heterocycles. The number of fused-ring (bicyclic) bond motifs is 2. The van der Waals surface area contributed by atoms with Crippen molar-refractivity contribution in [2.45, 2.75) is 23.7 Å². The highest BCUT2D eigenvalue weighted by molar-refractivity contribution is 7.99. The Morgan fingerprint density at radius 1 is 1.17 bits per heavy atom. The normalized spacial score (nSPS) is 16.5. The maximum Gasteiger partial charge on any atom is 0.328 e. The van der Waals surface area contributed by atoms with Crippen LogP contribution in [0, 0.1) is 17.5 Å². The Morgan fingerprint density at radius 2 is 2.00 bits per heavy atom. The zero-order valence-electron chi connectivity index (χ0n) is 22.4. The minimum absolute atomic E-state index is 0.0420. The fourth-order valence-corrected chi connectivity index (χ4v) is 5.98. The highest BCUT2D eigenvalue weighted by Crippen LogP contribution is 2.46. The van der Waals surface area contributed by atoms with Crippen molar-refractivity contribution < 1.29 is 32.5 Å². The fourth-order valence-electron chi connectivity index (χ4n) is 5.28. The number of nitrogens with zero attached hydrogens (tertiary/aromatic N) is 1. The van der Waals surface area contributed by atoms with Gasteiger partial charge in [0.05, 0.1) is 28.3 Å². The fraction of sp³-hybridized carbons (Fsp3) is 0.161. The number of carboxylic acids is 1. The van der Waals surface area contributed by atoms with Crippen molar-refractivity contribution in [2.75, 3.05) is 12.9 Å². The Bertz CT molecular complexity index is 1880. The van der Waals surface area contributed by atoms with Gasteiger partial charge in [-0.2, -0.15) is 4.39 Å². The monoisotopic (exact) mass is 591 g/mol. The van der Waals surface area contributed by atoms with Crippen LogP contribution in [0.4, 0.5) is 13.2 Å². The summed E-state index contributed by atoms with van der Waals surface area (Å²) in [4.78, 5) is 21.9. The Balaban J connectivity index is 1.36. The number of H-pyrrole nitrogens is 2. The molecule has 0 amide bonds. The van der Waals surface area contributed by atoms with Crippen molar-refractivity contribution in [2.24, 2.45) is 0 Å². The van der Waals surface area contributed by atoms with E-state index in [1.54, 1.807) is 24.6 Å². The van der Waals surface area contributed by atoms with Crippen LogP contribution >= 0.6 is 11.8 Å². The van der Waals surface area contributed by atoms with Gasteiger partial charge in [-0.3, -0.25) is 0 Å². The third kappa shape index (κ3) is 4.59. The number of aromatic nitrogens is 3. The number of imidazole rings is 1. The summed E-state index contributed by atoms with van der Waals surface area (Å²) in [6.45, 7) is 2.36. The van der Waals surface area contributed by atoms with Gasteiger partial charge in [0.15, 0.2) is 11.6 Å². The lowest BCUT2D eigenvalue weighted by Gasteiger charge is -2.35. The van der Waals surface area contributed by atoms with Gasteiger partial charge in [-0.15, -0.1) is 11.8 Å². The minimum atomic E-state index is -1.15. The molecule has 0 saturated heterocycles. The van der Waals surface area contributed by atoms with Gasteiger partial charge in [0, 0.05) is 40.4 Å². The van der Waals surface area contributed by atoms with E-state index in [1.807, 2.05) is 19.1 Å². The summed E-state index contributed by atoms with van der Waals surface area (Å²) in [5, 5.41) is 9.53. The molecule has 7 nitrogen and oxygen atoms in total. The first-order chi connectivity index (χ1) is 20.2. The van der Waals surface area contributed by atoms with E-state index in [4.69, 9.17) is 19.6 Å². The SMILES string of the molecule is CSc1c(Oc2ccc(F)c(-c3nc(C4(C)CCOc5c(/C=C/C(=O)O)cccc54)c[nH]3)c2)c(F)c(F)c2[nH]ccc12. The van der Waals surface area contributed by atoms with Crippen LogP contribution < -0.4 is 9.47 Å². The highest BCUT2D eigenvalue weighted by Gasteiger charge is 2.38. The van der Waals surface area contributed by atoms with Crippen LogP contribution in [0.25, 0.3) is 28.4 Å². The molecular weight excluding hydrogens is 567 g/mol. The molecule has 42 heavy (non-hydrogen) atoms. The maximum absolute atomic E-state index is 15.1. The van der Waals surface area contributed by atoms with E-state index < -0.39 is 28.8 Å². The molecule has 1 unspecified atom stereocenters. The van der Waals surface area contributed by atoms with Crippen LogP contribution in [0.15, 0.2) is 65.8 Å². The third-order valence-corrected chi connectivity index (χ3v) is 8.28. The summed E-state index contributed by atoms with van der Waals surface area (Å²) in [5.41, 5.74) is 1.57. The van der Waals surface area contributed by atoms with E-state index in [-0.39, 0.29) is 28.4 Å². The van der Waals surface area contributed by atoms with Gasteiger partial charge in [-0.1, -0.05) is 18.2 Å². The zero-order chi connectivity index (χ0) is 29.6. The van der Waals surface area contributed by atoms with Gasteiger partial charge < -0.3 is 24.5 Å². The molecule has 1 aliphatic heterocycles. The topological polar surface area (TPSA) is 100 Å². The van der Waals surface area contributed by atoms with Gasteiger partial charge in [0.1, 0.15) is 23.1 Å². The zero-order valence-corrected chi connectivity index (χ0v) is 23.2. The summed E-state index contributed by atoms with van der Waals surface area (Å²) in [7, 11) is 0. The van der Waals surface area contributed by atoms with E-state index in [2.05, 4.69) is 9.97 Å². The largest absolute Gasteiger partial charge is 0.493 e. The number of carbonyl (C=O) groups is 1. The van der Waals surface area contributed by atoms with Crippen LogP contribution in [0.5, 0.6) is 17.2 Å². The molecule has 0 radical (unpaired) electrons. The highest BCUT2D eigenvalue weighted by atomic mass is 32.2. The van der Waals surface area contributed by atoms with Gasteiger partial charge in [-0.05, 0) is 49.9 Å². The van der Waals surface area contributed by atoms with Crippen molar-refractivity contribution in [3.8, 4) is 28.6 Å². The van der Waals surface area contributed by atoms with Gasteiger partial charge >= 0.3 is 5.97 Å². The number of hydrogen-bond acceptors (Lipinski definition) is 5. The van der Waals surface area contributed by atoms with Gasteiger partial charge in [0.2, 0.25) is 5.82 Å². The first-order valence-electron chi connectivity index (χ1n) is 12.9. The van der Waals surface area contributed by atoms with Crippen LogP contribution in [-0.4, -0.2) is 38.9 Å². The number of benzene rings is 3. The van der Waals surface area contributed by atoms with E-state index in [9.17, 15) is 9.18 Å². The number of carboxylic acid groups (broad SMARTS) is 1. The second-order valence-corrected chi connectivity index (χ2v) is 10.8. The van der Waals surface area contributed by atoms with E-state index >= 15 is 8.78 Å². The number of aromatic amines is 2. The molecule has 0 bridgehead atoms. The number of ether oxygens (including phenoxy) is 2. The van der Waals surface area contributed by atoms with E-state index in [1.165, 1.54) is 42.2 Å². The number of rotatable bonds is 7. The molecule has 11 heteroatoms. The van der Waals surface area contributed by atoms with Crippen molar-refractivity contribution in [3.63, 3.8) is 0 Å². The van der Waals surface area contributed by atoms with Crippen LogP contribution in [0.2, 0.25) is 0 Å². The standard InChI is InChI=1S/C31H24F3N3O4S/c1-31(11-13-40-27-16(6-9-23(38)39)4-3-5-20(27)31)22-15-36-30(37-22)19-14-17(7-8-21(19)32)41-28-25(34)24(33)26-18(10-12-35-26)29(28)42-2/h3-10,12,14-15,35H,11,13H2,1-2H3,(H,36,37)(H,38,39)/b9-6+. The van der Waals surface area contributed by atoms with Gasteiger partial charge in [-0.25, -0.2) is 18.6 Å². The molecule has 1 aliphatic rings. The van der Waals surface area contributed by atoms with Crippen molar-refractivity contribution in [3.05, 3.63) is 95.2 Å². The van der Waals surface area contributed by atoms with Crippen molar-refractivity contribution in [1.82, 2.24) is 15.0 Å². The summed E-state index contributed by atoms with van der Waals surface area (Å²) >= 11 is 1.21. The smallest absolute Gasteiger partial charge is 0.328 e. The molecule has 0 spiro atoms. The molecule has 1 atom stereocenters. The van der Waals surface area contributed by atoms with Crippen LogP contribution in [-0.2, 0) is 10.2 Å². The number of hydrogen-bond donors (Lipinski definition) is 3. The van der Waals surface area contributed by atoms with Crippen molar-refractivity contribution >= 4 is 34.7 Å². The number of aliphatic carboxylic acids is 1. The number of para-hydroxylation sites is 1. The average molecular weight is 592 g/mol. The molecule has 6 rings (SSSR count). The summed E-state index contributed by atoms with van der Waals surface area (Å²) in [6, 6.07) is 11.0. The molecule has 0 aliphatic carbocycles. The van der Waals surface area contributed by atoms with Crippen LogP contribution in [0.3, 0.4) is 0 Å². The Morgan fingerprint density at radius 3 is 2.79 bits per heavy atom. The van der Waals surface area contributed by atoms with Crippen molar-refractivity contribution in [1.29, 1.82) is 0 Å². The second kappa shape index (κ2) is 10.6. The Kier molecular flexibility index (Phi) is 6.97. The summed E-state index contributed by atoms with van der Waals surface area (Å²) in [5.74, 6) is -3.26. The van der Waals surface area contributed by atoms with E-state index in [0.717, 1.165) is 11.6 Å². The summed E-state index contributed by atoms with van der Waals surface area (Å²) < 4.78 is 56.7. The molecule has 214 valence electrons. The number of thioether (sulfide) groups is 1. The first-order valence-corrected chi connectivity index (χ1v) is 14.2. The lowest BCUT2D eigenvalue weighted by atomic mass is 9.75. The second-order valence-electron chi connectivity index (χ2n) is 9.96. The minimum Gasteiger partial charge on any atom is -0.493 e. The molecule has 3 heterocycles. The van der Waals surface area contributed by atoms with Crippen LogP contribution in [0.1, 0.15) is 30.2 Å². The molecular formula is C31H24F3N3O4S. The molecule has 3 N–H and O–H groups in total. The molecule has 5 aromatic rings. The average Bonchev–Trinajstić information content (AvgIpc) is 3.67. The maximum atomic E-state index is 15.1. The predicted octanol–water partition coefficient (Wildman–Crippen LogP) is 7.68. The van der Waals surface area contributed by atoms with E-state index in [0.29, 0.717) is 40.3 Å². The third-order valence-electron chi connectivity index (χ3n) is 7.46. The Hall–Kier alpha value is -4.64. The lowest BCUT2D eigenvalue weighted by Crippen LogP contribution is -2.31. The number of nitrogens with one attached hydrogen (secondary N) is 2. The summed E-state index contributed by atoms with van der Waals surface area (Å²) in [6.07, 6.45) is 8.05. The first kappa shape index (κ1) is 27.5. The molecule has 3 aromatic carbocycles. The molecule has 0 saturated carbocycles. The predicted molar refractivity (Wildman–Crippen MR) is 154 cm³/mol. The molecule has 0 fully saturated rings. The lowest BCUT2D eigenvalue weighted by molar-refractivity contribution is -0.131. The Labute approximate surface area is 242 Å². The van der Waals surface area contributed by atoms with Gasteiger partial charge in [0.25, 0.3) is 0 Å².